The minimum atomic E-state index is -4.51. The molecule has 2 rings (SSSR count). The number of halogens is 6. The second-order valence-electron chi connectivity index (χ2n) is 4.66. The SMILES string of the molecule is Cc1csc(CC=C(c2cc(Cl)c(Cl)c(Cl)c2)C(F)(F)F)c1. The Labute approximate surface area is 145 Å². The normalized spacial score (nSPS) is 12.8. The molecule has 0 fully saturated rings. The van der Waals surface area contributed by atoms with Crippen molar-refractivity contribution in [1.29, 1.82) is 0 Å². The van der Waals surface area contributed by atoms with E-state index in [-0.39, 0.29) is 27.1 Å². The van der Waals surface area contributed by atoms with Crippen molar-refractivity contribution < 1.29 is 13.2 Å². The lowest BCUT2D eigenvalue weighted by Gasteiger charge is -2.13. The molecule has 7 heteroatoms. The molecule has 1 aromatic heterocycles. The summed E-state index contributed by atoms with van der Waals surface area (Å²) < 4.78 is 39.9. The Hall–Kier alpha value is -0.680. The standard InChI is InChI=1S/C15H10Cl3F3S/c1-8-4-10(22-7-8)2-3-11(15(19,20)21)9-5-12(16)14(18)13(17)6-9/h3-7H,2H2,1H3. The predicted octanol–water partition coefficient (Wildman–Crippen LogP) is 7.21. The molecule has 0 radical (unpaired) electrons. The van der Waals surface area contributed by atoms with E-state index >= 15 is 0 Å². The average molecular weight is 386 g/mol. The van der Waals surface area contributed by atoms with Crippen LogP contribution in [0.3, 0.4) is 0 Å². The monoisotopic (exact) mass is 384 g/mol. The summed E-state index contributed by atoms with van der Waals surface area (Å²) in [6.45, 7) is 1.90. The van der Waals surface area contributed by atoms with E-state index < -0.39 is 11.7 Å². The van der Waals surface area contributed by atoms with Crippen molar-refractivity contribution in [2.75, 3.05) is 0 Å². The van der Waals surface area contributed by atoms with Gasteiger partial charge in [-0.2, -0.15) is 13.2 Å². The van der Waals surface area contributed by atoms with Crippen molar-refractivity contribution >= 4 is 51.7 Å². The second kappa shape index (κ2) is 6.83. The second-order valence-corrected chi connectivity index (χ2v) is 6.85. The van der Waals surface area contributed by atoms with Crippen LogP contribution in [0.15, 0.2) is 29.7 Å². The van der Waals surface area contributed by atoms with Crippen molar-refractivity contribution in [2.24, 2.45) is 0 Å². The topological polar surface area (TPSA) is 0 Å². The van der Waals surface area contributed by atoms with Crippen LogP contribution in [0.5, 0.6) is 0 Å². The van der Waals surface area contributed by atoms with E-state index in [1.165, 1.54) is 23.5 Å². The molecule has 0 spiro atoms. The molecule has 0 aliphatic heterocycles. The van der Waals surface area contributed by atoms with E-state index in [2.05, 4.69) is 0 Å². The van der Waals surface area contributed by atoms with Crippen molar-refractivity contribution in [3.8, 4) is 0 Å². The van der Waals surface area contributed by atoms with Crippen molar-refractivity contribution in [3.63, 3.8) is 0 Å². The lowest BCUT2D eigenvalue weighted by atomic mass is 10.0. The van der Waals surface area contributed by atoms with E-state index in [1.54, 1.807) is 0 Å². The minimum Gasteiger partial charge on any atom is -0.166 e. The quantitative estimate of drug-likeness (QED) is 0.490. The van der Waals surface area contributed by atoms with Gasteiger partial charge >= 0.3 is 6.18 Å². The highest BCUT2D eigenvalue weighted by Crippen LogP contribution is 2.39. The average Bonchev–Trinajstić information content (AvgIpc) is 2.80. The summed E-state index contributed by atoms with van der Waals surface area (Å²) in [7, 11) is 0. The number of allylic oxidation sites excluding steroid dienone is 2. The maximum Gasteiger partial charge on any atom is 0.416 e. The van der Waals surface area contributed by atoms with E-state index in [4.69, 9.17) is 34.8 Å². The Morgan fingerprint density at radius 1 is 1.14 bits per heavy atom. The molecule has 0 saturated carbocycles. The highest BCUT2D eigenvalue weighted by atomic mass is 35.5. The van der Waals surface area contributed by atoms with Crippen LogP contribution in [0.2, 0.25) is 15.1 Å². The summed E-state index contributed by atoms with van der Waals surface area (Å²) in [4.78, 5) is 0.852. The molecule has 118 valence electrons. The number of thiophene rings is 1. The third kappa shape index (κ3) is 4.19. The Morgan fingerprint density at radius 3 is 2.18 bits per heavy atom. The predicted molar refractivity (Wildman–Crippen MR) is 88.3 cm³/mol. The van der Waals surface area contributed by atoms with Crippen LogP contribution in [0.1, 0.15) is 16.0 Å². The van der Waals surface area contributed by atoms with Gasteiger partial charge in [-0.25, -0.2) is 0 Å². The summed E-state index contributed by atoms with van der Waals surface area (Å²) in [5, 5.41) is 1.92. The van der Waals surface area contributed by atoms with Crippen molar-refractivity contribution in [2.45, 2.75) is 19.5 Å². The number of aryl methyl sites for hydroxylation is 1. The van der Waals surface area contributed by atoms with Crippen LogP contribution in [-0.2, 0) is 6.42 Å². The molecular weight excluding hydrogens is 376 g/mol. The molecule has 0 amide bonds. The number of hydrogen-bond acceptors (Lipinski definition) is 1. The third-order valence-corrected chi connectivity index (χ3v) is 5.17. The summed E-state index contributed by atoms with van der Waals surface area (Å²) in [6, 6.07) is 4.21. The summed E-state index contributed by atoms with van der Waals surface area (Å²) in [5.41, 5.74) is 0.152. The van der Waals surface area contributed by atoms with Gasteiger partial charge in [0.05, 0.1) is 20.6 Å². The first-order valence-corrected chi connectivity index (χ1v) is 8.16. The van der Waals surface area contributed by atoms with Crippen LogP contribution in [0, 0.1) is 6.92 Å². The molecule has 0 N–H and O–H groups in total. The Balaban J connectivity index is 2.43. The van der Waals surface area contributed by atoms with Crippen molar-refractivity contribution in [1.82, 2.24) is 0 Å². The van der Waals surface area contributed by atoms with Crippen molar-refractivity contribution in [3.05, 3.63) is 60.7 Å². The Kier molecular flexibility index (Phi) is 5.49. The molecule has 0 saturated heterocycles. The smallest absolute Gasteiger partial charge is 0.166 e. The highest BCUT2D eigenvalue weighted by Gasteiger charge is 2.35. The van der Waals surface area contributed by atoms with Gasteiger partial charge < -0.3 is 0 Å². The lowest BCUT2D eigenvalue weighted by Crippen LogP contribution is -2.11. The molecule has 0 aliphatic carbocycles. The summed E-state index contributed by atoms with van der Waals surface area (Å²) >= 11 is 18.9. The fourth-order valence-corrected chi connectivity index (χ4v) is 3.34. The van der Waals surface area contributed by atoms with E-state index in [9.17, 15) is 13.2 Å². The first kappa shape index (κ1) is 17.7. The van der Waals surface area contributed by atoms with Crippen LogP contribution in [0.4, 0.5) is 13.2 Å². The Morgan fingerprint density at radius 2 is 1.73 bits per heavy atom. The van der Waals surface area contributed by atoms with Crippen LogP contribution in [-0.4, -0.2) is 6.18 Å². The first-order valence-electron chi connectivity index (χ1n) is 6.14. The molecule has 0 nitrogen and oxygen atoms in total. The van der Waals surface area contributed by atoms with Crippen LogP contribution in [0.25, 0.3) is 5.57 Å². The molecule has 0 bridgehead atoms. The molecule has 2 aromatic rings. The summed E-state index contributed by atoms with van der Waals surface area (Å²) in [6.07, 6.45) is -3.18. The van der Waals surface area contributed by atoms with Gasteiger partial charge in [-0.3, -0.25) is 0 Å². The molecule has 0 unspecified atom stereocenters. The van der Waals surface area contributed by atoms with Gasteiger partial charge in [0.2, 0.25) is 0 Å². The maximum absolute atomic E-state index is 13.3. The van der Waals surface area contributed by atoms with Gasteiger partial charge in [0, 0.05) is 11.3 Å². The first-order chi connectivity index (χ1) is 10.2. The van der Waals surface area contributed by atoms with Gasteiger partial charge in [0.25, 0.3) is 0 Å². The molecule has 1 aromatic carbocycles. The molecule has 0 aliphatic rings. The van der Waals surface area contributed by atoms with E-state index in [0.717, 1.165) is 16.5 Å². The van der Waals surface area contributed by atoms with Gasteiger partial charge in [-0.1, -0.05) is 40.9 Å². The lowest BCUT2D eigenvalue weighted by molar-refractivity contribution is -0.0690. The molecule has 1 heterocycles. The van der Waals surface area contributed by atoms with Gasteiger partial charge in [0.1, 0.15) is 0 Å². The fourth-order valence-electron chi connectivity index (χ4n) is 1.91. The minimum absolute atomic E-state index is 0.00807. The van der Waals surface area contributed by atoms with Crippen LogP contribution >= 0.6 is 46.1 Å². The maximum atomic E-state index is 13.3. The van der Waals surface area contributed by atoms with Gasteiger partial charge in [0.15, 0.2) is 0 Å². The zero-order valence-corrected chi connectivity index (χ0v) is 14.4. The van der Waals surface area contributed by atoms with Gasteiger partial charge in [-0.15, -0.1) is 11.3 Å². The molecule has 0 atom stereocenters. The largest absolute Gasteiger partial charge is 0.416 e. The number of hydrogen-bond donors (Lipinski definition) is 0. The number of benzene rings is 1. The van der Waals surface area contributed by atoms with E-state index in [1.807, 2.05) is 18.4 Å². The van der Waals surface area contributed by atoms with Crippen LogP contribution < -0.4 is 0 Å². The van der Waals surface area contributed by atoms with Gasteiger partial charge in [-0.05, 0) is 41.6 Å². The fraction of sp³-hybridized carbons (Fsp3) is 0.200. The number of rotatable bonds is 3. The zero-order valence-electron chi connectivity index (χ0n) is 11.3. The van der Waals surface area contributed by atoms with E-state index in [0.29, 0.717) is 0 Å². The molecular formula is C15H10Cl3F3S. The zero-order chi connectivity index (χ0) is 16.5. The highest BCUT2D eigenvalue weighted by molar-refractivity contribution is 7.10. The number of alkyl halides is 3. The third-order valence-electron chi connectivity index (χ3n) is 2.89. The summed E-state index contributed by atoms with van der Waals surface area (Å²) in [5.74, 6) is 0. The molecule has 22 heavy (non-hydrogen) atoms. The Bertz CT molecular complexity index is 694.